The molecule has 1 atom stereocenters. The van der Waals surface area contributed by atoms with Gasteiger partial charge in [-0.3, -0.25) is 0 Å². The molecule has 4 heteroatoms. The van der Waals surface area contributed by atoms with Crippen molar-refractivity contribution in [3.8, 4) is 89.5 Å². The fourth-order valence-corrected chi connectivity index (χ4v) is 9.69. The van der Waals surface area contributed by atoms with Crippen molar-refractivity contribution in [3.63, 3.8) is 0 Å². The summed E-state index contributed by atoms with van der Waals surface area (Å²) in [7, 11) is 0. The number of nitrogens with one attached hydrogen (secondary N) is 1. The Morgan fingerprint density at radius 3 is 1.25 bits per heavy atom. The molecular formula is C68H48N4. The fraction of sp³-hybridized carbons (Fsp3) is 0.0147. The van der Waals surface area contributed by atoms with Crippen molar-refractivity contribution in [1.82, 2.24) is 15.3 Å². The minimum Gasteiger partial charge on any atom is -0.359 e. The molecule has 10 aromatic carbocycles. The van der Waals surface area contributed by atoms with Gasteiger partial charge in [0.05, 0.1) is 23.1 Å². The molecule has 1 aliphatic rings. The number of benzene rings is 10. The third-order valence-corrected chi connectivity index (χ3v) is 13.4. The lowest BCUT2D eigenvalue weighted by Gasteiger charge is -2.25. The van der Waals surface area contributed by atoms with E-state index in [1.165, 1.54) is 22.3 Å². The van der Waals surface area contributed by atoms with Crippen LogP contribution in [0.3, 0.4) is 0 Å². The summed E-state index contributed by atoms with van der Waals surface area (Å²) in [5.41, 5.74) is 20.5. The van der Waals surface area contributed by atoms with Crippen LogP contribution in [0.2, 0.25) is 0 Å². The van der Waals surface area contributed by atoms with Gasteiger partial charge in [-0.1, -0.05) is 255 Å². The van der Waals surface area contributed by atoms with Crippen molar-refractivity contribution in [2.45, 2.75) is 6.04 Å². The van der Waals surface area contributed by atoms with E-state index < -0.39 is 0 Å². The maximum Gasteiger partial charge on any atom is 0.160 e. The van der Waals surface area contributed by atoms with Crippen LogP contribution in [0.5, 0.6) is 0 Å². The summed E-state index contributed by atoms with van der Waals surface area (Å²) in [6.07, 6.45) is 2.25. The van der Waals surface area contributed by atoms with Crippen LogP contribution >= 0.6 is 0 Å². The highest BCUT2D eigenvalue weighted by Crippen LogP contribution is 2.41. The van der Waals surface area contributed by atoms with E-state index in [2.05, 4.69) is 254 Å². The Balaban J connectivity index is 0.890. The maximum atomic E-state index is 5.21. The van der Waals surface area contributed by atoms with Gasteiger partial charge in [-0.15, -0.1) is 0 Å². The Labute approximate surface area is 421 Å². The predicted octanol–water partition coefficient (Wildman–Crippen LogP) is 16.9. The molecule has 0 radical (unpaired) electrons. The number of hydrogen-bond acceptors (Lipinski definition) is 4. The maximum absolute atomic E-state index is 5.21. The molecule has 0 saturated carbocycles. The van der Waals surface area contributed by atoms with Gasteiger partial charge in [0.25, 0.3) is 0 Å². The number of nitrogens with zero attached hydrogens (tertiary/aromatic N) is 3. The monoisotopic (exact) mass is 920 g/mol. The zero-order valence-electron chi connectivity index (χ0n) is 39.5. The lowest BCUT2D eigenvalue weighted by molar-refractivity contribution is 0.781. The average Bonchev–Trinajstić information content (AvgIpc) is 3.48. The number of aromatic nitrogens is 2. The van der Waals surface area contributed by atoms with Crippen LogP contribution in [-0.4, -0.2) is 15.8 Å². The quantitative estimate of drug-likeness (QED) is 0.141. The molecule has 0 bridgehead atoms. The molecule has 1 N–H and O–H groups in total. The Hall–Kier alpha value is -9.51. The predicted molar refractivity (Wildman–Crippen MR) is 299 cm³/mol. The summed E-state index contributed by atoms with van der Waals surface area (Å²) >= 11 is 0. The SMILES string of the molecule is C1=C(c2ccc(-c3ccccc3)cc2)N=C(c2ccccc2)NC1c1cccc(-c2ccccc2-c2ccccc2-c2cccc(-c3cc(-c4ccc(-c5ccccc5)cc4)nc(-c4ccccc4)n3)c2)c1. The van der Waals surface area contributed by atoms with E-state index in [0.717, 1.165) is 89.7 Å². The van der Waals surface area contributed by atoms with E-state index in [0.29, 0.717) is 5.82 Å². The largest absolute Gasteiger partial charge is 0.359 e. The van der Waals surface area contributed by atoms with E-state index in [-0.39, 0.29) is 6.04 Å². The highest BCUT2D eigenvalue weighted by Gasteiger charge is 2.22. The first-order valence-electron chi connectivity index (χ1n) is 24.5. The second-order valence-corrected chi connectivity index (χ2v) is 18.0. The molecule has 1 unspecified atom stereocenters. The van der Waals surface area contributed by atoms with Crippen molar-refractivity contribution >= 4 is 11.5 Å². The average molecular weight is 921 g/mol. The fourth-order valence-electron chi connectivity index (χ4n) is 9.69. The number of aliphatic imine (C=N–C) groups is 1. The van der Waals surface area contributed by atoms with Crippen molar-refractivity contribution in [2.24, 2.45) is 4.99 Å². The Morgan fingerprint density at radius 1 is 0.278 bits per heavy atom. The lowest BCUT2D eigenvalue weighted by atomic mass is 9.88. The van der Waals surface area contributed by atoms with Crippen LogP contribution in [0.25, 0.3) is 95.2 Å². The highest BCUT2D eigenvalue weighted by molar-refractivity contribution is 6.03. The first-order valence-corrected chi connectivity index (χ1v) is 24.5. The first-order chi connectivity index (χ1) is 35.7. The molecule has 2 heterocycles. The molecule has 11 aromatic rings. The van der Waals surface area contributed by atoms with E-state index in [9.17, 15) is 0 Å². The zero-order chi connectivity index (χ0) is 48.1. The van der Waals surface area contributed by atoms with Gasteiger partial charge in [0.15, 0.2) is 5.82 Å². The van der Waals surface area contributed by atoms with E-state index >= 15 is 0 Å². The topological polar surface area (TPSA) is 50.2 Å². The molecule has 0 amide bonds. The molecule has 0 spiro atoms. The van der Waals surface area contributed by atoms with Crippen LogP contribution in [0.4, 0.5) is 0 Å². The second kappa shape index (κ2) is 19.8. The van der Waals surface area contributed by atoms with Gasteiger partial charge in [-0.2, -0.15) is 0 Å². The molecule has 0 fully saturated rings. The van der Waals surface area contributed by atoms with E-state index in [1.807, 2.05) is 30.3 Å². The molecule has 0 saturated heterocycles. The van der Waals surface area contributed by atoms with Gasteiger partial charge in [0.1, 0.15) is 5.84 Å². The van der Waals surface area contributed by atoms with Gasteiger partial charge < -0.3 is 5.32 Å². The first kappa shape index (κ1) is 43.7. The van der Waals surface area contributed by atoms with E-state index in [4.69, 9.17) is 15.0 Å². The molecule has 4 nitrogen and oxygen atoms in total. The zero-order valence-corrected chi connectivity index (χ0v) is 39.5. The van der Waals surface area contributed by atoms with Crippen molar-refractivity contribution < 1.29 is 0 Å². The van der Waals surface area contributed by atoms with Gasteiger partial charge in [0.2, 0.25) is 0 Å². The molecule has 340 valence electrons. The van der Waals surface area contributed by atoms with Crippen LogP contribution in [0, 0.1) is 0 Å². The van der Waals surface area contributed by atoms with Gasteiger partial charge >= 0.3 is 0 Å². The minimum absolute atomic E-state index is 0.123. The summed E-state index contributed by atoms with van der Waals surface area (Å²) in [5, 5.41) is 3.80. The molecule has 0 aliphatic carbocycles. The smallest absolute Gasteiger partial charge is 0.160 e. The molecule has 1 aromatic heterocycles. The summed E-state index contributed by atoms with van der Waals surface area (Å²) in [5.74, 6) is 1.53. The van der Waals surface area contributed by atoms with Crippen LogP contribution in [-0.2, 0) is 0 Å². The van der Waals surface area contributed by atoms with Crippen molar-refractivity contribution in [1.29, 1.82) is 0 Å². The number of amidine groups is 1. The third-order valence-electron chi connectivity index (χ3n) is 13.4. The standard InChI is InChI=1S/C68H48N4/c1-5-19-47(20-6-1)49-35-39-51(40-36-49)63-45-65(71-67(69-63)53-23-9-3-10-24-53)57-29-17-27-55(43-57)59-31-13-15-33-61(59)62-34-16-14-32-60(62)56-28-18-30-58(44-56)66-46-64(70-68(72-66)54-25-11-4-12-26-54)52-41-37-50(38-42-52)48-21-7-2-8-22-48/h1-46,65H,(H,69,71). The van der Waals surface area contributed by atoms with Gasteiger partial charge in [-0.25, -0.2) is 15.0 Å². The van der Waals surface area contributed by atoms with Crippen LogP contribution in [0.15, 0.2) is 284 Å². The number of rotatable bonds is 11. The van der Waals surface area contributed by atoms with Crippen LogP contribution < -0.4 is 5.32 Å². The summed E-state index contributed by atoms with van der Waals surface area (Å²) < 4.78 is 0. The molecule has 1 aliphatic heterocycles. The summed E-state index contributed by atoms with van der Waals surface area (Å²) in [6.45, 7) is 0. The van der Waals surface area contributed by atoms with Crippen LogP contribution in [0.1, 0.15) is 22.7 Å². The van der Waals surface area contributed by atoms with Crippen molar-refractivity contribution in [3.05, 3.63) is 296 Å². The Bertz CT molecular complexity index is 3730. The number of hydrogen-bond donors (Lipinski definition) is 1. The molecular weight excluding hydrogens is 873 g/mol. The van der Waals surface area contributed by atoms with E-state index in [1.54, 1.807) is 0 Å². The Morgan fingerprint density at radius 2 is 0.681 bits per heavy atom. The Kier molecular flexibility index (Phi) is 12.1. The van der Waals surface area contributed by atoms with Gasteiger partial charge in [-0.05, 0) is 91.0 Å². The summed E-state index contributed by atoms with van der Waals surface area (Å²) in [6, 6.07) is 96.2. The normalized spacial score (nSPS) is 13.1. The van der Waals surface area contributed by atoms with Crippen molar-refractivity contribution in [2.75, 3.05) is 0 Å². The molecule has 72 heavy (non-hydrogen) atoms. The highest BCUT2D eigenvalue weighted by atomic mass is 15.0. The molecule has 12 rings (SSSR count). The third kappa shape index (κ3) is 9.21. The lowest BCUT2D eigenvalue weighted by Crippen LogP contribution is -2.31. The summed E-state index contributed by atoms with van der Waals surface area (Å²) in [4.78, 5) is 15.6. The second-order valence-electron chi connectivity index (χ2n) is 18.0. The van der Waals surface area contributed by atoms with Gasteiger partial charge in [0, 0.05) is 22.3 Å². The minimum atomic E-state index is -0.123.